The number of rotatable bonds is 4. The maximum absolute atomic E-state index is 13.2. The summed E-state index contributed by atoms with van der Waals surface area (Å²) < 4.78 is 6.03. The number of fused-ring (bicyclic) bond motifs is 7. The summed E-state index contributed by atoms with van der Waals surface area (Å²) in [5.74, 6) is 0.653. The van der Waals surface area contributed by atoms with Crippen LogP contribution >= 0.6 is 0 Å². The van der Waals surface area contributed by atoms with Crippen LogP contribution in [0.5, 0.6) is 5.75 Å². The Labute approximate surface area is 251 Å². The van der Waals surface area contributed by atoms with Crippen LogP contribution in [0.3, 0.4) is 0 Å². The number of nitrogens with one attached hydrogen (secondary N) is 3. The first kappa shape index (κ1) is 29.2. The summed E-state index contributed by atoms with van der Waals surface area (Å²) >= 11 is 0. The van der Waals surface area contributed by atoms with Crippen molar-refractivity contribution < 1.29 is 14.3 Å². The summed E-state index contributed by atoms with van der Waals surface area (Å²) in [5, 5.41) is 9.01. The number of benzene rings is 3. The number of amides is 2. The van der Waals surface area contributed by atoms with Gasteiger partial charge in [0.2, 0.25) is 11.9 Å². The molecule has 9 nitrogen and oxygen atoms in total. The molecule has 5 rings (SSSR count). The molecule has 0 spiro atoms. The number of aryl methyl sites for hydroxylation is 1. The van der Waals surface area contributed by atoms with E-state index in [1.165, 1.54) is 6.08 Å². The number of ether oxygens (including phenoxy) is 1. The summed E-state index contributed by atoms with van der Waals surface area (Å²) in [6.07, 6.45) is 7.98. The van der Waals surface area contributed by atoms with E-state index in [1.807, 2.05) is 50.4 Å². The zero-order valence-corrected chi connectivity index (χ0v) is 24.3. The Morgan fingerprint density at radius 2 is 1.84 bits per heavy atom. The van der Waals surface area contributed by atoms with Gasteiger partial charge in [0.05, 0.1) is 12.3 Å². The predicted molar refractivity (Wildman–Crippen MR) is 171 cm³/mol. The van der Waals surface area contributed by atoms with Crippen LogP contribution in [0.4, 0.5) is 23.0 Å². The molecule has 218 valence electrons. The van der Waals surface area contributed by atoms with Crippen LogP contribution in [0.2, 0.25) is 0 Å². The maximum Gasteiger partial charge on any atom is 0.255 e. The highest BCUT2D eigenvalue weighted by Crippen LogP contribution is 2.27. The number of nitrogens with zero attached hydrogens (tertiary/aromatic N) is 3. The van der Waals surface area contributed by atoms with Crippen molar-refractivity contribution >= 4 is 34.8 Å². The first-order valence-electron chi connectivity index (χ1n) is 14.0. The lowest BCUT2D eigenvalue weighted by Gasteiger charge is -2.18. The summed E-state index contributed by atoms with van der Waals surface area (Å²) in [4.78, 5) is 36.1. The lowest BCUT2D eigenvalue weighted by atomic mass is 10.1. The van der Waals surface area contributed by atoms with Crippen molar-refractivity contribution in [3.63, 3.8) is 0 Å². The fourth-order valence-electron chi connectivity index (χ4n) is 4.71. The Bertz CT molecular complexity index is 1670. The highest BCUT2D eigenvalue weighted by molar-refractivity contribution is 6.05. The van der Waals surface area contributed by atoms with E-state index in [9.17, 15) is 9.59 Å². The molecule has 3 aromatic carbocycles. The van der Waals surface area contributed by atoms with Crippen molar-refractivity contribution in [3.8, 4) is 17.0 Å². The van der Waals surface area contributed by atoms with Gasteiger partial charge in [-0.25, -0.2) is 9.97 Å². The Hall–Kier alpha value is -5.28. The number of likely N-dealkylation sites (N-methyl/N-ethyl adjacent to an activating group) is 1. The molecule has 3 N–H and O–H groups in total. The van der Waals surface area contributed by atoms with Crippen LogP contribution in [-0.4, -0.2) is 46.9 Å². The molecule has 0 fully saturated rings. The van der Waals surface area contributed by atoms with Gasteiger partial charge in [-0.15, -0.1) is 0 Å². The molecule has 0 aliphatic carbocycles. The fourth-order valence-corrected chi connectivity index (χ4v) is 4.71. The first-order chi connectivity index (χ1) is 20.8. The quantitative estimate of drug-likeness (QED) is 0.193. The second-order valence-electron chi connectivity index (χ2n) is 10.4. The van der Waals surface area contributed by atoms with Gasteiger partial charge >= 0.3 is 0 Å². The van der Waals surface area contributed by atoms with Gasteiger partial charge in [0.15, 0.2) is 0 Å². The minimum atomic E-state index is -0.315. The van der Waals surface area contributed by atoms with Crippen LogP contribution in [0.1, 0.15) is 27.9 Å². The largest absolute Gasteiger partial charge is 0.493 e. The number of anilines is 4. The number of hydrogen-bond donors (Lipinski definition) is 3. The summed E-state index contributed by atoms with van der Waals surface area (Å²) in [6.45, 7) is 7.48. The topological polar surface area (TPSA) is 108 Å². The lowest BCUT2D eigenvalue weighted by Crippen LogP contribution is -2.18. The van der Waals surface area contributed by atoms with E-state index in [0.29, 0.717) is 36.0 Å². The van der Waals surface area contributed by atoms with Gasteiger partial charge < -0.3 is 20.7 Å². The third-order valence-corrected chi connectivity index (χ3v) is 6.70. The fraction of sp³-hybridized carbons (Fsp3) is 0.176. The SMILES string of the molecule is C=CC(=O)Nc1ccc(C(=O)Nc2cc3cc(c2)Nc2nccc(n2)-c2cc(C)cc(c2)OCC/C=C/CN(C)C3)cc1. The summed E-state index contributed by atoms with van der Waals surface area (Å²) in [5.41, 5.74) is 6.20. The van der Waals surface area contributed by atoms with Crippen LogP contribution in [0.25, 0.3) is 11.3 Å². The molecule has 0 saturated heterocycles. The minimum absolute atomic E-state index is 0.272. The number of carbonyl (C=O) groups is 2. The summed E-state index contributed by atoms with van der Waals surface area (Å²) in [6, 6.07) is 20.5. The number of hydrogen-bond acceptors (Lipinski definition) is 7. The van der Waals surface area contributed by atoms with E-state index in [-0.39, 0.29) is 11.8 Å². The van der Waals surface area contributed by atoms with Gasteiger partial charge in [-0.1, -0.05) is 18.7 Å². The van der Waals surface area contributed by atoms with Crippen LogP contribution in [0.15, 0.2) is 97.7 Å². The normalized spacial score (nSPS) is 14.2. The van der Waals surface area contributed by atoms with Crippen molar-refractivity contribution in [1.29, 1.82) is 0 Å². The Balaban J connectivity index is 1.44. The zero-order chi connectivity index (χ0) is 30.2. The zero-order valence-electron chi connectivity index (χ0n) is 24.3. The monoisotopic (exact) mass is 574 g/mol. The number of aromatic nitrogens is 2. The molecular weight excluding hydrogens is 540 g/mol. The lowest BCUT2D eigenvalue weighted by molar-refractivity contribution is -0.111. The van der Waals surface area contributed by atoms with E-state index >= 15 is 0 Å². The molecule has 0 atom stereocenters. The van der Waals surface area contributed by atoms with E-state index in [0.717, 1.165) is 46.8 Å². The van der Waals surface area contributed by atoms with Crippen molar-refractivity contribution in [1.82, 2.24) is 14.9 Å². The Morgan fingerprint density at radius 1 is 1.00 bits per heavy atom. The molecule has 9 heteroatoms. The molecule has 1 aliphatic heterocycles. The third kappa shape index (κ3) is 8.15. The molecule has 6 bridgehead atoms. The second-order valence-corrected chi connectivity index (χ2v) is 10.4. The molecule has 1 aliphatic rings. The number of carbonyl (C=O) groups excluding carboxylic acids is 2. The standard InChI is InChI=1S/C34H34N6O3/c1-4-32(41)36-27-10-8-25(9-11-27)33(42)37-28-18-24-19-29(21-28)38-34-35-13-12-31(39-34)26-16-23(2)17-30(20-26)43-15-7-5-6-14-40(3)22-24/h4-6,8-13,16-21H,1,7,14-15,22H2,2-3H3,(H,36,41)(H,37,42)(H,35,38,39)/b6-5+. The van der Waals surface area contributed by atoms with Gasteiger partial charge in [0.1, 0.15) is 5.75 Å². The van der Waals surface area contributed by atoms with Crippen LogP contribution < -0.4 is 20.7 Å². The molecule has 4 aromatic rings. The second kappa shape index (κ2) is 13.6. The minimum Gasteiger partial charge on any atom is -0.493 e. The first-order valence-corrected chi connectivity index (χ1v) is 14.0. The van der Waals surface area contributed by atoms with E-state index < -0.39 is 0 Å². The molecule has 2 heterocycles. The van der Waals surface area contributed by atoms with Crippen LogP contribution in [-0.2, 0) is 11.3 Å². The highest BCUT2D eigenvalue weighted by Gasteiger charge is 2.12. The molecule has 0 saturated carbocycles. The van der Waals surface area contributed by atoms with Gasteiger partial charge in [-0.2, -0.15) is 0 Å². The molecule has 2 amide bonds. The predicted octanol–water partition coefficient (Wildman–Crippen LogP) is 6.34. The average Bonchev–Trinajstić information content (AvgIpc) is 2.98. The van der Waals surface area contributed by atoms with E-state index in [4.69, 9.17) is 9.72 Å². The van der Waals surface area contributed by atoms with Gasteiger partial charge in [0, 0.05) is 47.5 Å². The molecule has 0 radical (unpaired) electrons. The molecule has 0 unspecified atom stereocenters. The average molecular weight is 575 g/mol. The highest BCUT2D eigenvalue weighted by atomic mass is 16.5. The Morgan fingerprint density at radius 3 is 2.65 bits per heavy atom. The van der Waals surface area contributed by atoms with Crippen molar-refractivity contribution in [2.45, 2.75) is 19.9 Å². The smallest absolute Gasteiger partial charge is 0.255 e. The Kier molecular flexibility index (Phi) is 9.23. The van der Waals surface area contributed by atoms with Gasteiger partial charge in [0.25, 0.3) is 5.91 Å². The van der Waals surface area contributed by atoms with E-state index in [1.54, 1.807) is 30.5 Å². The molecule has 1 aromatic heterocycles. The van der Waals surface area contributed by atoms with Crippen molar-refractivity contribution in [2.24, 2.45) is 0 Å². The molecule has 43 heavy (non-hydrogen) atoms. The molecular formula is C34H34N6O3. The van der Waals surface area contributed by atoms with Gasteiger partial charge in [-0.3, -0.25) is 14.5 Å². The van der Waals surface area contributed by atoms with E-state index in [2.05, 4.69) is 50.6 Å². The van der Waals surface area contributed by atoms with Crippen molar-refractivity contribution in [3.05, 3.63) is 114 Å². The van der Waals surface area contributed by atoms with Gasteiger partial charge in [-0.05, 0) is 104 Å². The third-order valence-electron chi connectivity index (χ3n) is 6.70. The maximum atomic E-state index is 13.2. The van der Waals surface area contributed by atoms with Crippen LogP contribution in [0, 0.1) is 6.92 Å². The summed E-state index contributed by atoms with van der Waals surface area (Å²) in [7, 11) is 2.05. The van der Waals surface area contributed by atoms with Crippen molar-refractivity contribution in [2.75, 3.05) is 36.1 Å².